The Morgan fingerprint density at radius 1 is 1.06 bits per heavy atom. The van der Waals surface area contributed by atoms with Crippen molar-refractivity contribution in [1.29, 1.82) is 0 Å². The molecular formula is C28H22ClFN4O. The van der Waals surface area contributed by atoms with Gasteiger partial charge in [0.2, 0.25) is 0 Å². The molecule has 0 radical (unpaired) electrons. The highest BCUT2D eigenvalue weighted by Crippen LogP contribution is 2.32. The lowest BCUT2D eigenvalue weighted by Crippen LogP contribution is -2.17. The van der Waals surface area contributed by atoms with E-state index in [0.29, 0.717) is 38.3 Å². The summed E-state index contributed by atoms with van der Waals surface area (Å²) in [5.74, 6) is 2.60. The maximum Gasteiger partial charge on any atom is 0.252 e. The van der Waals surface area contributed by atoms with Crippen LogP contribution in [-0.4, -0.2) is 19.1 Å². The molecule has 0 aliphatic rings. The number of aromatic nitrogens is 4. The molecule has 0 aliphatic carbocycles. The van der Waals surface area contributed by atoms with E-state index in [4.69, 9.17) is 18.0 Å². The van der Waals surface area contributed by atoms with Crippen LogP contribution < -0.4 is 5.56 Å². The lowest BCUT2D eigenvalue weighted by Gasteiger charge is -2.14. The molecule has 0 saturated heterocycles. The first-order valence-electron chi connectivity index (χ1n) is 10.8. The average Bonchev–Trinajstić information content (AvgIpc) is 3.37. The topological polar surface area (TPSA) is 52.7 Å². The molecule has 5 rings (SSSR count). The Hall–Kier alpha value is -4.21. The molecule has 0 saturated carbocycles. The molecule has 1 atom stereocenters. The average molecular weight is 485 g/mol. The third-order valence-corrected chi connectivity index (χ3v) is 5.78. The molecule has 0 aliphatic heterocycles. The molecular weight excluding hydrogens is 463 g/mol. The van der Waals surface area contributed by atoms with Crippen molar-refractivity contribution in [2.45, 2.75) is 6.17 Å². The second-order valence-corrected chi connectivity index (χ2v) is 8.40. The van der Waals surface area contributed by atoms with Crippen LogP contribution in [0.5, 0.6) is 0 Å². The van der Waals surface area contributed by atoms with Crippen molar-refractivity contribution in [2.75, 3.05) is 0 Å². The van der Waals surface area contributed by atoms with Gasteiger partial charge in [0.1, 0.15) is 5.65 Å². The van der Waals surface area contributed by atoms with E-state index in [1.807, 2.05) is 42.1 Å². The minimum Gasteiger partial charge on any atom is -0.341 e. The van der Waals surface area contributed by atoms with E-state index in [-0.39, 0.29) is 5.56 Å². The zero-order chi connectivity index (χ0) is 24.9. The van der Waals surface area contributed by atoms with Crippen LogP contribution >= 0.6 is 11.6 Å². The summed E-state index contributed by atoms with van der Waals surface area (Å²) in [4.78, 5) is 20.6. The van der Waals surface area contributed by atoms with Crippen LogP contribution in [0.2, 0.25) is 5.02 Å². The molecule has 0 N–H and O–H groups in total. The number of hydrogen-bond donors (Lipinski definition) is 0. The predicted octanol–water partition coefficient (Wildman–Crippen LogP) is 5.71. The SMILES string of the molecule is C#Cc1cccc(-c2cc(=O)n(C)c3ncc(C(F)c4ccc(Cl)cc4)cc23)c1.Cn1ccnc1. The van der Waals surface area contributed by atoms with E-state index in [9.17, 15) is 4.79 Å². The van der Waals surface area contributed by atoms with Gasteiger partial charge < -0.3 is 4.57 Å². The summed E-state index contributed by atoms with van der Waals surface area (Å²) in [6.45, 7) is 0. The molecule has 2 aromatic carbocycles. The van der Waals surface area contributed by atoms with Gasteiger partial charge in [-0.05, 0) is 47.0 Å². The number of aryl methyl sites for hydroxylation is 2. The number of alkyl halides is 1. The number of benzene rings is 2. The summed E-state index contributed by atoms with van der Waals surface area (Å²) in [6.07, 6.45) is 11.0. The molecule has 3 heterocycles. The van der Waals surface area contributed by atoms with Crippen LogP contribution in [-0.2, 0) is 14.1 Å². The molecule has 7 heteroatoms. The first kappa shape index (κ1) is 23.9. The van der Waals surface area contributed by atoms with E-state index in [1.54, 1.807) is 49.9 Å². The number of hydrogen-bond acceptors (Lipinski definition) is 3. The second-order valence-electron chi connectivity index (χ2n) is 7.96. The molecule has 5 aromatic rings. The van der Waals surface area contributed by atoms with Gasteiger partial charge in [0.15, 0.2) is 6.17 Å². The van der Waals surface area contributed by atoms with Crippen LogP contribution in [0.4, 0.5) is 4.39 Å². The fourth-order valence-electron chi connectivity index (χ4n) is 3.65. The number of pyridine rings is 2. The third-order valence-electron chi connectivity index (χ3n) is 5.53. The highest BCUT2D eigenvalue weighted by atomic mass is 35.5. The summed E-state index contributed by atoms with van der Waals surface area (Å²) >= 11 is 5.90. The number of nitrogens with zero attached hydrogens (tertiary/aromatic N) is 4. The predicted molar refractivity (Wildman–Crippen MR) is 138 cm³/mol. The van der Waals surface area contributed by atoms with Gasteiger partial charge in [0.05, 0.1) is 6.33 Å². The number of imidazole rings is 1. The van der Waals surface area contributed by atoms with E-state index >= 15 is 4.39 Å². The Labute approximate surface area is 207 Å². The van der Waals surface area contributed by atoms with E-state index in [0.717, 1.165) is 5.56 Å². The minimum absolute atomic E-state index is 0.201. The Kier molecular flexibility index (Phi) is 7.09. The Bertz CT molecular complexity index is 1570. The summed E-state index contributed by atoms with van der Waals surface area (Å²) < 4.78 is 18.5. The quantitative estimate of drug-likeness (QED) is 0.308. The van der Waals surface area contributed by atoms with Gasteiger partial charge in [-0.2, -0.15) is 0 Å². The fourth-order valence-corrected chi connectivity index (χ4v) is 3.77. The van der Waals surface area contributed by atoms with E-state index in [2.05, 4.69) is 15.9 Å². The zero-order valence-electron chi connectivity index (χ0n) is 19.2. The molecule has 0 bridgehead atoms. The standard InChI is InChI=1S/C24H16ClFN2O.C4H6N2/c1-3-15-5-4-6-17(11-15)20-13-22(29)28(2)24-21(20)12-18(14-27-24)23(26)16-7-9-19(25)10-8-16;1-6-3-2-5-4-6/h1,4-14,23H,2H3;2-4H,1H3. The molecule has 0 spiro atoms. The highest BCUT2D eigenvalue weighted by Gasteiger charge is 2.17. The molecule has 1 unspecified atom stereocenters. The monoisotopic (exact) mass is 484 g/mol. The van der Waals surface area contributed by atoms with Crippen molar-refractivity contribution in [3.8, 4) is 23.5 Å². The Morgan fingerprint density at radius 2 is 1.83 bits per heavy atom. The van der Waals surface area contributed by atoms with Gasteiger partial charge >= 0.3 is 0 Å². The van der Waals surface area contributed by atoms with Crippen molar-refractivity contribution < 1.29 is 4.39 Å². The fraction of sp³-hybridized carbons (Fsp3) is 0.107. The molecule has 0 fully saturated rings. The maximum atomic E-state index is 15.2. The molecule has 0 amide bonds. The number of halogens is 2. The third kappa shape index (κ3) is 5.32. The number of terminal acetylenes is 1. The van der Waals surface area contributed by atoms with Gasteiger partial charge in [-0.25, -0.2) is 14.4 Å². The van der Waals surface area contributed by atoms with Crippen molar-refractivity contribution >= 4 is 22.6 Å². The second kappa shape index (κ2) is 10.4. The minimum atomic E-state index is -1.37. The normalized spacial score (nSPS) is 11.4. The largest absolute Gasteiger partial charge is 0.341 e. The Balaban J connectivity index is 0.000000421. The van der Waals surface area contributed by atoms with Crippen LogP contribution in [0.15, 0.2) is 90.4 Å². The lowest BCUT2D eigenvalue weighted by molar-refractivity contribution is 0.401. The smallest absolute Gasteiger partial charge is 0.252 e. The first-order chi connectivity index (χ1) is 16.9. The van der Waals surface area contributed by atoms with Crippen molar-refractivity contribution in [3.63, 3.8) is 0 Å². The Morgan fingerprint density at radius 3 is 2.46 bits per heavy atom. The van der Waals surface area contributed by atoms with Gasteiger partial charge in [-0.15, -0.1) is 6.42 Å². The number of rotatable bonds is 3. The lowest BCUT2D eigenvalue weighted by atomic mass is 9.98. The highest BCUT2D eigenvalue weighted by molar-refractivity contribution is 6.30. The van der Waals surface area contributed by atoms with Gasteiger partial charge in [0.25, 0.3) is 5.56 Å². The maximum absolute atomic E-state index is 15.2. The first-order valence-corrected chi connectivity index (χ1v) is 11.1. The molecule has 3 aromatic heterocycles. The summed E-state index contributed by atoms with van der Waals surface area (Å²) in [5, 5.41) is 1.22. The van der Waals surface area contributed by atoms with Gasteiger partial charge in [0, 0.05) is 60.3 Å². The summed E-state index contributed by atoms with van der Waals surface area (Å²) in [5.41, 5.74) is 3.30. The van der Waals surface area contributed by atoms with Crippen LogP contribution in [0.3, 0.4) is 0 Å². The van der Waals surface area contributed by atoms with Crippen molar-refractivity contribution in [2.24, 2.45) is 14.1 Å². The molecule has 5 nitrogen and oxygen atoms in total. The molecule has 174 valence electrons. The summed E-state index contributed by atoms with van der Waals surface area (Å²) in [7, 11) is 3.58. The van der Waals surface area contributed by atoms with Crippen LogP contribution in [0, 0.1) is 12.3 Å². The van der Waals surface area contributed by atoms with Gasteiger partial charge in [-0.1, -0.05) is 41.8 Å². The van der Waals surface area contributed by atoms with E-state index < -0.39 is 6.17 Å². The molecule has 35 heavy (non-hydrogen) atoms. The van der Waals surface area contributed by atoms with Crippen LogP contribution in [0.1, 0.15) is 22.9 Å². The zero-order valence-corrected chi connectivity index (χ0v) is 19.9. The number of fused-ring (bicyclic) bond motifs is 1. The summed E-state index contributed by atoms with van der Waals surface area (Å²) in [6, 6.07) is 17.2. The van der Waals surface area contributed by atoms with Crippen LogP contribution in [0.25, 0.3) is 22.2 Å². The van der Waals surface area contributed by atoms with E-state index in [1.165, 1.54) is 16.8 Å². The van der Waals surface area contributed by atoms with Crippen molar-refractivity contribution in [1.82, 2.24) is 19.1 Å². The van der Waals surface area contributed by atoms with Gasteiger partial charge in [-0.3, -0.25) is 9.36 Å². The van der Waals surface area contributed by atoms with Crippen molar-refractivity contribution in [3.05, 3.63) is 118 Å².